The Kier molecular flexibility index (Phi) is 3.46. The van der Waals surface area contributed by atoms with Crippen LogP contribution in [0.1, 0.15) is 0 Å². The van der Waals surface area contributed by atoms with Crippen LogP contribution >= 0.6 is 12.4 Å². The summed E-state index contributed by atoms with van der Waals surface area (Å²) < 4.78 is 1.34. The fourth-order valence-corrected chi connectivity index (χ4v) is 1.25. The Hall–Kier alpha value is -1.81. The van der Waals surface area contributed by atoms with Crippen LogP contribution in [0.3, 0.4) is 0 Å². The molecule has 2 aromatic heterocycles. The predicted molar refractivity (Wildman–Crippen MR) is 57.0 cm³/mol. The Labute approximate surface area is 93.0 Å². The van der Waals surface area contributed by atoms with Gasteiger partial charge in [-0.05, 0) is 12.1 Å². The first kappa shape index (κ1) is 11.3. The molecule has 0 amide bonds. The van der Waals surface area contributed by atoms with Gasteiger partial charge in [-0.15, -0.1) is 12.4 Å². The van der Waals surface area contributed by atoms with Crippen LogP contribution in [-0.4, -0.2) is 0 Å². The van der Waals surface area contributed by atoms with Gasteiger partial charge in [0.2, 0.25) is 0 Å². The van der Waals surface area contributed by atoms with Crippen molar-refractivity contribution < 1.29 is 9.46 Å². The van der Waals surface area contributed by atoms with Crippen LogP contribution in [0.15, 0.2) is 48.8 Å². The molecule has 0 aliphatic rings. The first-order valence-electron chi connectivity index (χ1n) is 4.16. The lowest BCUT2D eigenvalue weighted by Gasteiger charge is -2.03. The normalized spacial score (nSPS) is 9.33. The summed E-state index contributed by atoms with van der Waals surface area (Å²) in [7, 11) is 0. The predicted octanol–water partition coefficient (Wildman–Crippen LogP) is 1.04. The Balaban J connectivity index is 0.00000112. The quantitative estimate of drug-likeness (QED) is 0.537. The Bertz CT molecular complexity index is 419. The van der Waals surface area contributed by atoms with Crippen LogP contribution in [0.2, 0.25) is 0 Å². The van der Waals surface area contributed by atoms with Crippen LogP contribution in [0.25, 0.3) is 11.4 Å². The van der Waals surface area contributed by atoms with Crippen LogP contribution in [0.5, 0.6) is 0 Å². The number of halogens is 1. The standard InChI is InChI=1S/C10H8N2O2.ClH/c13-11-7-3-1-5-9(11)10-6-2-4-8-12(10)14;/h1-8H;1H. The molecule has 5 heteroatoms. The highest BCUT2D eigenvalue weighted by molar-refractivity contribution is 5.85. The molecular formula is C10H9ClN2O2. The molecule has 0 bridgehead atoms. The molecule has 0 aromatic carbocycles. The lowest BCUT2D eigenvalue weighted by Crippen LogP contribution is -2.36. The maximum absolute atomic E-state index is 11.3. The first-order valence-corrected chi connectivity index (χ1v) is 4.16. The van der Waals surface area contributed by atoms with Crippen LogP contribution in [0.4, 0.5) is 0 Å². The van der Waals surface area contributed by atoms with E-state index in [-0.39, 0.29) is 12.4 Å². The first-order chi connectivity index (χ1) is 6.79. The molecule has 0 fully saturated rings. The van der Waals surface area contributed by atoms with Gasteiger partial charge in [0.1, 0.15) is 0 Å². The van der Waals surface area contributed by atoms with Crippen molar-refractivity contribution in [3.05, 3.63) is 59.2 Å². The second kappa shape index (κ2) is 4.61. The van der Waals surface area contributed by atoms with Crippen LogP contribution in [-0.2, 0) is 0 Å². The minimum Gasteiger partial charge on any atom is -0.618 e. The van der Waals surface area contributed by atoms with Crippen LogP contribution < -0.4 is 9.46 Å². The summed E-state index contributed by atoms with van der Waals surface area (Å²) in [6, 6.07) is 9.89. The van der Waals surface area contributed by atoms with Gasteiger partial charge in [0, 0.05) is 24.3 Å². The molecule has 0 spiro atoms. The number of pyridine rings is 2. The van der Waals surface area contributed by atoms with Crippen molar-refractivity contribution in [3.8, 4) is 11.4 Å². The minimum atomic E-state index is 0. The lowest BCUT2D eigenvalue weighted by atomic mass is 10.2. The number of hydrogen-bond donors (Lipinski definition) is 0. The van der Waals surface area contributed by atoms with E-state index < -0.39 is 0 Å². The average Bonchev–Trinajstić information content (AvgIpc) is 2.20. The average molecular weight is 225 g/mol. The molecule has 0 atom stereocenters. The van der Waals surface area contributed by atoms with Crippen molar-refractivity contribution in [2.24, 2.45) is 0 Å². The molecule has 0 aliphatic carbocycles. The van der Waals surface area contributed by atoms with E-state index in [2.05, 4.69) is 0 Å². The summed E-state index contributed by atoms with van der Waals surface area (Å²) in [5.41, 5.74) is 0.700. The number of rotatable bonds is 1. The highest BCUT2D eigenvalue weighted by Gasteiger charge is 2.15. The van der Waals surface area contributed by atoms with Gasteiger partial charge in [0.05, 0.1) is 0 Å². The van der Waals surface area contributed by atoms with E-state index in [0.29, 0.717) is 20.8 Å². The van der Waals surface area contributed by atoms with E-state index in [1.54, 1.807) is 36.4 Å². The molecule has 2 rings (SSSR count). The summed E-state index contributed by atoms with van der Waals surface area (Å²) in [4.78, 5) is 0. The summed E-state index contributed by atoms with van der Waals surface area (Å²) in [5.74, 6) is 0. The molecule has 0 radical (unpaired) electrons. The number of hydrogen-bond acceptors (Lipinski definition) is 2. The summed E-state index contributed by atoms with van der Waals surface area (Å²) in [6.45, 7) is 0. The van der Waals surface area contributed by atoms with Gasteiger partial charge >= 0.3 is 0 Å². The zero-order chi connectivity index (χ0) is 9.97. The monoisotopic (exact) mass is 224 g/mol. The van der Waals surface area contributed by atoms with Crippen molar-refractivity contribution >= 4 is 12.4 Å². The molecule has 78 valence electrons. The van der Waals surface area contributed by atoms with Gasteiger partial charge in [-0.1, -0.05) is 0 Å². The number of aromatic nitrogens is 2. The second-order valence-corrected chi connectivity index (χ2v) is 2.82. The highest BCUT2D eigenvalue weighted by Crippen LogP contribution is 2.08. The maximum Gasteiger partial charge on any atom is 0.289 e. The van der Waals surface area contributed by atoms with Crippen LogP contribution in [0, 0.1) is 10.4 Å². The third-order valence-electron chi connectivity index (χ3n) is 1.91. The molecule has 0 saturated carbocycles. The summed E-state index contributed by atoms with van der Waals surface area (Å²) in [6.07, 6.45) is 2.73. The van der Waals surface area contributed by atoms with Crippen molar-refractivity contribution in [1.82, 2.24) is 0 Å². The second-order valence-electron chi connectivity index (χ2n) is 2.82. The molecule has 2 aromatic rings. The topological polar surface area (TPSA) is 53.9 Å². The summed E-state index contributed by atoms with van der Waals surface area (Å²) in [5, 5.41) is 22.7. The maximum atomic E-state index is 11.3. The fraction of sp³-hybridized carbons (Fsp3) is 0. The van der Waals surface area contributed by atoms with E-state index in [4.69, 9.17) is 0 Å². The molecule has 2 heterocycles. The van der Waals surface area contributed by atoms with E-state index >= 15 is 0 Å². The Morgan fingerprint density at radius 2 is 1.13 bits per heavy atom. The van der Waals surface area contributed by atoms with Gasteiger partial charge in [-0.2, -0.15) is 9.46 Å². The van der Waals surface area contributed by atoms with Crippen molar-refractivity contribution in [2.75, 3.05) is 0 Å². The highest BCUT2D eigenvalue weighted by atomic mass is 35.5. The third kappa shape index (κ3) is 2.16. The third-order valence-corrected chi connectivity index (χ3v) is 1.91. The van der Waals surface area contributed by atoms with Gasteiger partial charge in [-0.3, -0.25) is 0 Å². The minimum absolute atomic E-state index is 0. The zero-order valence-electron chi connectivity index (χ0n) is 7.74. The Morgan fingerprint density at radius 1 is 0.733 bits per heavy atom. The van der Waals surface area contributed by atoms with Gasteiger partial charge in [-0.25, -0.2) is 0 Å². The molecule has 0 unspecified atom stereocenters. The molecular weight excluding hydrogens is 216 g/mol. The SMILES string of the molecule is Cl.[O-][n+]1ccccc1-c1cccc[n+]1[O-]. The van der Waals surface area contributed by atoms with Crippen molar-refractivity contribution in [1.29, 1.82) is 0 Å². The fourth-order valence-electron chi connectivity index (χ4n) is 1.25. The van der Waals surface area contributed by atoms with E-state index in [1.165, 1.54) is 12.4 Å². The lowest BCUT2D eigenvalue weighted by molar-refractivity contribution is -0.625. The number of nitrogens with zero attached hydrogens (tertiary/aromatic N) is 2. The molecule has 0 N–H and O–H groups in total. The largest absolute Gasteiger partial charge is 0.618 e. The van der Waals surface area contributed by atoms with E-state index in [0.717, 1.165) is 0 Å². The van der Waals surface area contributed by atoms with Gasteiger partial charge in [0.25, 0.3) is 11.4 Å². The smallest absolute Gasteiger partial charge is 0.289 e. The molecule has 4 nitrogen and oxygen atoms in total. The molecule has 15 heavy (non-hydrogen) atoms. The van der Waals surface area contributed by atoms with Gasteiger partial charge in [0.15, 0.2) is 12.4 Å². The van der Waals surface area contributed by atoms with Crippen molar-refractivity contribution in [3.63, 3.8) is 0 Å². The molecule has 0 aliphatic heterocycles. The molecule has 0 saturated heterocycles. The van der Waals surface area contributed by atoms with Crippen molar-refractivity contribution in [2.45, 2.75) is 0 Å². The van der Waals surface area contributed by atoms with Gasteiger partial charge < -0.3 is 10.4 Å². The Morgan fingerprint density at radius 3 is 1.47 bits per heavy atom. The zero-order valence-corrected chi connectivity index (χ0v) is 8.55. The summed E-state index contributed by atoms with van der Waals surface area (Å²) >= 11 is 0. The van der Waals surface area contributed by atoms with E-state index in [1.807, 2.05) is 0 Å². The van der Waals surface area contributed by atoms with E-state index in [9.17, 15) is 10.4 Å².